The number of hydrogen-bond donors (Lipinski definition) is 1. The van der Waals surface area contributed by atoms with Crippen LogP contribution in [0.2, 0.25) is 0 Å². The van der Waals surface area contributed by atoms with E-state index in [9.17, 15) is 9.59 Å². The molecule has 35 heavy (non-hydrogen) atoms. The monoisotopic (exact) mass is 474 g/mol. The number of amides is 2. The summed E-state index contributed by atoms with van der Waals surface area (Å²) in [6.45, 7) is 4.35. The number of aromatic nitrogens is 1. The van der Waals surface area contributed by atoms with Gasteiger partial charge >= 0.3 is 0 Å². The summed E-state index contributed by atoms with van der Waals surface area (Å²) in [6, 6.07) is 14.4. The van der Waals surface area contributed by atoms with Crippen LogP contribution in [0.15, 0.2) is 54.9 Å². The molecular weight excluding hydrogens is 436 g/mol. The van der Waals surface area contributed by atoms with Crippen LogP contribution >= 0.6 is 0 Å². The molecule has 6 nitrogen and oxygen atoms in total. The van der Waals surface area contributed by atoms with Crippen molar-refractivity contribution in [2.24, 2.45) is 11.3 Å². The molecule has 2 aliphatic heterocycles. The number of likely N-dealkylation sites (tertiary alicyclic amines) is 2. The van der Waals surface area contributed by atoms with Crippen LogP contribution in [-0.4, -0.2) is 52.8 Å². The quantitative estimate of drug-likeness (QED) is 0.618. The van der Waals surface area contributed by atoms with Crippen molar-refractivity contribution in [2.45, 2.75) is 64.0 Å². The topological polar surface area (TPSA) is 65.5 Å². The Morgan fingerprint density at radius 2 is 1.77 bits per heavy atom. The SMILES string of the molecule is O=C(N[C@@H](CCN1CCC2(CC1)CCN(Cc1cccnc1)C2=O)c1ccccc1)C1CCCC1. The molecule has 3 fully saturated rings. The normalized spacial score (nSPS) is 21.5. The Kier molecular flexibility index (Phi) is 7.47. The van der Waals surface area contributed by atoms with E-state index in [1.54, 1.807) is 6.20 Å². The van der Waals surface area contributed by atoms with Gasteiger partial charge in [0.2, 0.25) is 11.8 Å². The zero-order valence-corrected chi connectivity index (χ0v) is 20.7. The number of hydrogen-bond acceptors (Lipinski definition) is 4. The summed E-state index contributed by atoms with van der Waals surface area (Å²) in [5, 5.41) is 3.37. The van der Waals surface area contributed by atoms with Crippen molar-refractivity contribution < 1.29 is 9.59 Å². The summed E-state index contributed by atoms with van der Waals surface area (Å²) in [5.74, 6) is 0.727. The minimum Gasteiger partial charge on any atom is -0.349 e. The second kappa shape index (κ2) is 10.9. The van der Waals surface area contributed by atoms with Gasteiger partial charge in [-0.05, 0) is 68.8 Å². The van der Waals surface area contributed by atoms with Crippen molar-refractivity contribution >= 4 is 11.8 Å². The summed E-state index contributed by atoms with van der Waals surface area (Å²) in [7, 11) is 0. The first kappa shape index (κ1) is 24.0. The second-order valence-electron chi connectivity index (χ2n) is 10.7. The van der Waals surface area contributed by atoms with Gasteiger partial charge < -0.3 is 15.1 Å². The lowest BCUT2D eigenvalue weighted by molar-refractivity contribution is -0.139. The fourth-order valence-electron chi connectivity index (χ4n) is 6.22. The van der Waals surface area contributed by atoms with E-state index in [-0.39, 0.29) is 23.3 Å². The third-order valence-corrected chi connectivity index (χ3v) is 8.49. The maximum atomic E-state index is 13.3. The van der Waals surface area contributed by atoms with Crippen LogP contribution in [0.1, 0.15) is 68.5 Å². The van der Waals surface area contributed by atoms with Gasteiger partial charge in [0, 0.05) is 37.9 Å². The summed E-state index contributed by atoms with van der Waals surface area (Å²) in [4.78, 5) is 34.9. The molecule has 1 saturated carbocycles. The van der Waals surface area contributed by atoms with Crippen molar-refractivity contribution in [3.05, 3.63) is 66.0 Å². The molecule has 2 saturated heterocycles. The number of rotatable bonds is 8. The lowest BCUT2D eigenvalue weighted by atomic mass is 9.77. The van der Waals surface area contributed by atoms with Gasteiger partial charge in [0.15, 0.2) is 0 Å². The highest BCUT2D eigenvalue weighted by Gasteiger charge is 2.47. The molecule has 3 heterocycles. The summed E-state index contributed by atoms with van der Waals surface area (Å²) < 4.78 is 0. The van der Waals surface area contributed by atoms with Crippen molar-refractivity contribution in [3.63, 3.8) is 0 Å². The van der Waals surface area contributed by atoms with Crippen LogP contribution in [0, 0.1) is 11.3 Å². The predicted octanol–water partition coefficient (Wildman–Crippen LogP) is 4.33. The molecule has 3 aliphatic rings. The summed E-state index contributed by atoms with van der Waals surface area (Å²) >= 11 is 0. The van der Waals surface area contributed by atoms with Gasteiger partial charge in [-0.25, -0.2) is 0 Å². The van der Waals surface area contributed by atoms with Crippen molar-refractivity contribution in [1.82, 2.24) is 20.1 Å². The van der Waals surface area contributed by atoms with Gasteiger partial charge in [-0.15, -0.1) is 0 Å². The van der Waals surface area contributed by atoms with Crippen LogP contribution in [0.25, 0.3) is 0 Å². The molecule has 1 aliphatic carbocycles. The Bertz CT molecular complexity index is 982. The molecule has 1 aromatic carbocycles. The Morgan fingerprint density at radius 3 is 2.49 bits per heavy atom. The van der Waals surface area contributed by atoms with Gasteiger partial charge in [0.1, 0.15) is 0 Å². The molecule has 6 heteroatoms. The lowest BCUT2D eigenvalue weighted by Gasteiger charge is -2.38. The molecule has 186 valence electrons. The van der Waals surface area contributed by atoms with E-state index in [4.69, 9.17) is 0 Å². The number of pyridine rings is 1. The van der Waals surface area contributed by atoms with Gasteiger partial charge in [-0.3, -0.25) is 14.6 Å². The van der Waals surface area contributed by atoms with Crippen LogP contribution in [0.4, 0.5) is 0 Å². The summed E-state index contributed by atoms with van der Waals surface area (Å²) in [6.07, 6.45) is 11.7. The largest absolute Gasteiger partial charge is 0.349 e. The van der Waals surface area contributed by atoms with Crippen molar-refractivity contribution in [3.8, 4) is 0 Å². The number of carbonyl (C=O) groups excluding carboxylic acids is 2. The molecular formula is C29H38N4O2. The van der Waals surface area contributed by atoms with E-state index in [0.717, 1.165) is 70.3 Å². The van der Waals surface area contributed by atoms with E-state index in [1.807, 2.05) is 29.3 Å². The Morgan fingerprint density at radius 1 is 1.03 bits per heavy atom. The van der Waals surface area contributed by atoms with Crippen LogP contribution in [0.3, 0.4) is 0 Å². The predicted molar refractivity (Wildman–Crippen MR) is 136 cm³/mol. The molecule has 0 unspecified atom stereocenters. The molecule has 5 rings (SSSR count). The first-order chi connectivity index (χ1) is 17.1. The third kappa shape index (κ3) is 5.58. The Labute approximate surface area is 209 Å². The average molecular weight is 475 g/mol. The van der Waals surface area contributed by atoms with E-state index >= 15 is 0 Å². The first-order valence-corrected chi connectivity index (χ1v) is 13.4. The first-order valence-electron chi connectivity index (χ1n) is 13.4. The third-order valence-electron chi connectivity index (χ3n) is 8.49. The highest BCUT2D eigenvalue weighted by molar-refractivity contribution is 5.85. The van der Waals surface area contributed by atoms with E-state index in [1.165, 1.54) is 18.4 Å². The zero-order valence-electron chi connectivity index (χ0n) is 20.7. The molecule has 1 N–H and O–H groups in total. The van der Waals surface area contributed by atoms with Crippen molar-refractivity contribution in [2.75, 3.05) is 26.2 Å². The van der Waals surface area contributed by atoms with Crippen LogP contribution in [0.5, 0.6) is 0 Å². The van der Waals surface area contributed by atoms with E-state index in [0.29, 0.717) is 12.5 Å². The maximum absolute atomic E-state index is 13.3. The number of nitrogens with one attached hydrogen (secondary N) is 1. The smallest absolute Gasteiger partial charge is 0.229 e. The Hall–Kier alpha value is -2.73. The van der Waals surface area contributed by atoms with Crippen LogP contribution in [-0.2, 0) is 16.1 Å². The average Bonchev–Trinajstić information content (AvgIpc) is 3.54. The summed E-state index contributed by atoms with van der Waals surface area (Å²) in [5.41, 5.74) is 2.10. The lowest BCUT2D eigenvalue weighted by Crippen LogP contribution is -2.45. The second-order valence-corrected chi connectivity index (χ2v) is 10.7. The minimum atomic E-state index is -0.186. The fraction of sp³-hybridized carbons (Fsp3) is 0.552. The molecule has 1 spiro atoms. The maximum Gasteiger partial charge on any atom is 0.229 e. The zero-order chi connectivity index (χ0) is 24.1. The van der Waals surface area contributed by atoms with Gasteiger partial charge in [0.05, 0.1) is 11.5 Å². The van der Waals surface area contributed by atoms with E-state index < -0.39 is 0 Å². The van der Waals surface area contributed by atoms with Crippen molar-refractivity contribution in [1.29, 1.82) is 0 Å². The number of benzene rings is 1. The Balaban J connectivity index is 1.15. The standard InChI is InChI=1S/C29H38N4O2/c34-27(25-10-4-5-11-25)31-26(24-8-2-1-3-9-24)12-17-32-18-13-29(14-19-32)15-20-33(28(29)35)22-23-7-6-16-30-21-23/h1-3,6-9,16,21,25-26H,4-5,10-15,17-20,22H2,(H,31,34)/t26-/m0/s1. The molecule has 1 atom stereocenters. The molecule has 0 radical (unpaired) electrons. The highest BCUT2D eigenvalue weighted by Crippen LogP contribution is 2.42. The fourth-order valence-corrected chi connectivity index (χ4v) is 6.22. The number of piperidine rings is 1. The van der Waals surface area contributed by atoms with Gasteiger partial charge in [-0.2, -0.15) is 0 Å². The molecule has 1 aromatic heterocycles. The molecule has 2 aromatic rings. The molecule has 0 bridgehead atoms. The van der Waals surface area contributed by atoms with E-state index in [2.05, 4.69) is 39.5 Å². The highest BCUT2D eigenvalue weighted by atomic mass is 16.2. The minimum absolute atomic E-state index is 0.0447. The number of carbonyl (C=O) groups is 2. The van der Waals surface area contributed by atoms with Gasteiger partial charge in [-0.1, -0.05) is 49.2 Å². The van der Waals surface area contributed by atoms with Crippen LogP contribution < -0.4 is 5.32 Å². The molecule has 2 amide bonds. The number of nitrogens with zero attached hydrogens (tertiary/aromatic N) is 3. The van der Waals surface area contributed by atoms with Gasteiger partial charge in [0.25, 0.3) is 0 Å².